The van der Waals surface area contributed by atoms with Gasteiger partial charge in [-0.1, -0.05) is 6.92 Å². The summed E-state index contributed by atoms with van der Waals surface area (Å²) in [5.41, 5.74) is -0.546. The van der Waals surface area contributed by atoms with Crippen LogP contribution < -0.4 is 5.32 Å². The molecule has 1 N–H and O–H groups in total. The SMILES string of the molecule is CCOC(=O)c1ccc([N+](=O)[O-])cc1NC(SCC)(C(=O)OCC)C(=O)OCC. The molecule has 0 amide bonds. The van der Waals surface area contributed by atoms with E-state index in [-0.39, 0.29) is 36.8 Å². The number of nitrogens with zero attached hydrogens (tertiary/aromatic N) is 1. The van der Waals surface area contributed by atoms with E-state index in [9.17, 15) is 24.5 Å². The molecule has 0 aromatic heterocycles. The maximum Gasteiger partial charge on any atom is 0.354 e. The number of hydrogen-bond donors (Lipinski definition) is 1. The van der Waals surface area contributed by atoms with Crippen molar-refractivity contribution in [2.45, 2.75) is 32.6 Å². The van der Waals surface area contributed by atoms with E-state index in [1.165, 1.54) is 6.07 Å². The Labute approximate surface area is 172 Å². The van der Waals surface area contributed by atoms with Gasteiger partial charge in [-0.05, 0) is 32.6 Å². The van der Waals surface area contributed by atoms with Gasteiger partial charge >= 0.3 is 17.9 Å². The number of carbonyl (C=O) groups is 3. The molecule has 0 saturated carbocycles. The topological polar surface area (TPSA) is 134 Å². The first kappa shape index (κ1) is 24.2. The minimum absolute atomic E-state index is 0.00832. The first-order chi connectivity index (χ1) is 13.8. The Morgan fingerprint density at radius 1 is 1.03 bits per heavy atom. The maximum absolute atomic E-state index is 12.7. The molecular formula is C18H24N2O8S. The molecule has 10 nitrogen and oxygen atoms in total. The lowest BCUT2D eigenvalue weighted by molar-refractivity contribution is -0.384. The van der Waals surface area contributed by atoms with Crippen LogP contribution in [0.15, 0.2) is 18.2 Å². The summed E-state index contributed by atoms with van der Waals surface area (Å²) < 4.78 is 15.1. The number of thioether (sulfide) groups is 1. The molecule has 0 spiro atoms. The number of anilines is 1. The molecule has 0 aliphatic heterocycles. The number of benzene rings is 1. The largest absolute Gasteiger partial charge is 0.463 e. The predicted octanol–water partition coefficient (Wildman–Crippen LogP) is 2.76. The van der Waals surface area contributed by atoms with Crippen LogP contribution in [0, 0.1) is 10.1 Å². The average Bonchev–Trinajstić information content (AvgIpc) is 2.67. The Morgan fingerprint density at radius 2 is 1.59 bits per heavy atom. The molecule has 0 fully saturated rings. The fourth-order valence-corrected chi connectivity index (χ4v) is 3.32. The third-order valence-electron chi connectivity index (χ3n) is 3.51. The first-order valence-electron chi connectivity index (χ1n) is 8.99. The number of hydrogen-bond acceptors (Lipinski definition) is 10. The molecule has 0 aliphatic rings. The zero-order valence-electron chi connectivity index (χ0n) is 16.7. The van der Waals surface area contributed by atoms with E-state index >= 15 is 0 Å². The third-order valence-corrected chi connectivity index (χ3v) is 4.66. The van der Waals surface area contributed by atoms with E-state index in [0.29, 0.717) is 5.75 Å². The van der Waals surface area contributed by atoms with Gasteiger partial charge in [0.25, 0.3) is 10.6 Å². The number of nitro groups is 1. The molecule has 0 radical (unpaired) electrons. The second-order valence-electron chi connectivity index (χ2n) is 5.39. The smallest absolute Gasteiger partial charge is 0.354 e. The van der Waals surface area contributed by atoms with Crippen LogP contribution in [-0.4, -0.2) is 53.3 Å². The highest BCUT2D eigenvalue weighted by molar-refractivity contribution is 8.02. The summed E-state index contributed by atoms with van der Waals surface area (Å²) in [6, 6.07) is 3.37. The maximum atomic E-state index is 12.7. The summed E-state index contributed by atoms with van der Waals surface area (Å²) in [7, 11) is 0. The molecule has 1 rings (SSSR count). The fourth-order valence-electron chi connectivity index (χ4n) is 2.35. The minimum atomic E-state index is -2.06. The summed E-state index contributed by atoms with van der Waals surface area (Å²) in [6.07, 6.45) is 0. The van der Waals surface area contributed by atoms with Crippen LogP contribution >= 0.6 is 11.8 Å². The molecule has 11 heteroatoms. The van der Waals surface area contributed by atoms with Crippen LogP contribution in [0.1, 0.15) is 38.1 Å². The third kappa shape index (κ3) is 5.83. The van der Waals surface area contributed by atoms with Crippen LogP contribution in [0.5, 0.6) is 0 Å². The molecule has 1 aromatic rings. The molecule has 160 valence electrons. The minimum Gasteiger partial charge on any atom is -0.463 e. The van der Waals surface area contributed by atoms with Gasteiger partial charge in [0, 0.05) is 12.1 Å². The van der Waals surface area contributed by atoms with Crippen molar-refractivity contribution < 1.29 is 33.5 Å². The second kappa shape index (κ2) is 11.2. The van der Waals surface area contributed by atoms with Gasteiger partial charge in [-0.2, -0.15) is 0 Å². The van der Waals surface area contributed by atoms with Crippen molar-refractivity contribution in [3.8, 4) is 0 Å². The standard InChI is InChI=1S/C18H24N2O8S/c1-5-26-15(21)13-10-9-12(20(24)25)11-14(13)19-18(29-8-4,16(22)27-6-2)17(23)28-7-3/h9-11,19H,5-8H2,1-4H3. The van der Waals surface area contributed by atoms with Gasteiger partial charge in [0.05, 0.1) is 36.0 Å². The van der Waals surface area contributed by atoms with Crippen molar-refractivity contribution in [1.82, 2.24) is 0 Å². The van der Waals surface area contributed by atoms with Gasteiger partial charge in [0.2, 0.25) is 0 Å². The van der Waals surface area contributed by atoms with Gasteiger partial charge in [-0.15, -0.1) is 11.8 Å². The number of nitro benzene ring substituents is 1. The summed E-state index contributed by atoms with van der Waals surface area (Å²) in [5, 5.41) is 13.9. The van der Waals surface area contributed by atoms with Gasteiger partial charge in [0.15, 0.2) is 0 Å². The molecule has 0 aliphatic carbocycles. The van der Waals surface area contributed by atoms with E-state index in [4.69, 9.17) is 14.2 Å². The van der Waals surface area contributed by atoms with Crippen molar-refractivity contribution in [3.63, 3.8) is 0 Å². The van der Waals surface area contributed by atoms with E-state index in [1.807, 2.05) is 0 Å². The van der Waals surface area contributed by atoms with Gasteiger partial charge in [-0.25, -0.2) is 14.4 Å². The van der Waals surface area contributed by atoms with Gasteiger partial charge < -0.3 is 19.5 Å². The Bertz CT molecular complexity index is 750. The van der Waals surface area contributed by atoms with Crippen LogP contribution in [0.3, 0.4) is 0 Å². The molecule has 0 saturated heterocycles. The van der Waals surface area contributed by atoms with E-state index in [2.05, 4.69) is 5.32 Å². The fraction of sp³-hybridized carbons (Fsp3) is 0.500. The highest BCUT2D eigenvalue weighted by Gasteiger charge is 2.50. The highest BCUT2D eigenvalue weighted by Crippen LogP contribution is 2.34. The summed E-state index contributed by atoms with van der Waals surface area (Å²) in [6.45, 7) is 6.50. The zero-order chi connectivity index (χ0) is 22.0. The molecule has 29 heavy (non-hydrogen) atoms. The van der Waals surface area contributed by atoms with Crippen molar-refractivity contribution in [3.05, 3.63) is 33.9 Å². The first-order valence-corrected chi connectivity index (χ1v) is 9.97. The van der Waals surface area contributed by atoms with Crippen LogP contribution in [0.2, 0.25) is 0 Å². The predicted molar refractivity (Wildman–Crippen MR) is 107 cm³/mol. The lowest BCUT2D eigenvalue weighted by atomic mass is 10.1. The van der Waals surface area contributed by atoms with Crippen molar-refractivity contribution >= 4 is 41.0 Å². The quantitative estimate of drug-likeness (QED) is 0.140. The van der Waals surface area contributed by atoms with Crippen molar-refractivity contribution in [2.75, 3.05) is 30.9 Å². The zero-order valence-corrected chi connectivity index (χ0v) is 17.5. The lowest BCUT2D eigenvalue weighted by Crippen LogP contribution is -2.53. The molecule has 0 bridgehead atoms. The van der Waals surface area contributed by atoms with Crippen molar-refractivity contribution in [1.29, 1.82) is 0 Å². The normalized spacial score (nSPS) is 10.8. The summed E-state index contributed by atoms with van der Waals surface area (Å²) in [4.78, 5) is 46.3. The number of non-ortho nitro benzene ring substituents is 1. The van der Waals surface area contributed by atoms with Crippen LogP contribution in [-0.2, 0) is 23.8 Å². The number of rotatable bonds is 11. The van der Waals surface area contributed by atoms with Crippen LogP contribution in [0.25, 0.3) is 0 Å². The van der Waals surface area contributed by atoms with Gasteiger partial charge in [0.1, 0.15) is 0 Å². The summed E-state index contributed by atoms with van der Waals surface area (Å²) >= 11 is 0.881. The molecular weight excluding hydrogens is 404 g/mol. The molecule has 0 heterocycles. The Balaban J connectivity index is 3.61. The second-order valence-corrected chi connectivity index (χ2v) is 6.87. The van der Waals surface area contributed by atoms with E-state index in [0.717, 1.165) is 23.9 Å². The summed E-state index contributed by atoms with van der Waals surface area (Å²) in [5.74, 6) is -2.35. The Morgan fingerprint density at radius 3 is 2.03 bits per heavy atom. The Kier molecular flexibility index (Phi) is 9.39. The van der Waals surface area contributed by atoms with Gasteiger partial charge in [-0.3, -0.25) is 10.1 Å². The van der Waals surface area contributed by atoms with E-state index in [1.54, 1.807) is 27.7 Å². The highest BCUT2D eigenvalue weighted by atomic mass is 32.2. The number of carbonyl (C=O) groups excluding carboxylic acids is 3. The number of nitrogens with one attached hydrogen (secondary N) is 1. The molecule has 0 unspecified atom stereocenters. The number of esters is 3. The van der Waals surface area contributed by atoms with Crippen LogP contribution in [0.4, 0.5) is 11.4 Å². The van der Waals surface area contributed by atoms with E-state index < -0.39 is 27.7 Å². The lowest BCUT2D eigenvalue weighted by Gasteiger charge is -2.30. The molecule has 0 atom stereocenters. The monoisotopic (exact) mass is 428 g/mol. The average molecular weight is 428 g/mol. The number of ether oxygens (including phenoxy) is 3. The van der Waals surface area contributed by atoms with Crippen molar-refractivity contribution in [2.24, 2.45) is 0 Å². The Hall–Kier alpha value is -2.82. The molecule has 1 aromatic carbocycles.